The number of hydrogen-bond acceptors (Lipinski definition) is 7. The third-order valence-corrected chi connectivity index (χ3v) is 4.23. The monoisotopic (exact) mass is 401 g/mol. The van der Waals surface area contributed by atoms with Crippen LogP contribution in [0, 0.1) is 0 Å². The molecule has 29 heavy (non-hydrogen) atoms. The van der Waals surface area contributed by atoms with Crippen LogP contribution in [-0.2, 0) is 20.7 Å². The zero-order chi connectivity index (χ0) is 21.4. The number of hydrogen-bond donors (Lipinski definition) is 1. The van der Waals surface area contributed by atoms with Gasteiger partial charge in [0.05, 0.1) is 45.3 Å². The Labute approximate surface area is 168 Å². The van der Waals surface area contributed by atoms with Gasteiger partial charge in [-0.1, -0.05) is 12.1 Å². The molecule has 0 atom stereocenters. The fourth-order valence-electron chi connectivity index (χ4n) is 2.79. The van der Waals surface area contributed by atoms with Crippen LogP contribution in [0.1, 0.15) is 32.7 Å². The quantitative estimate of drug-likeness (QED) is 0.679. The highest BCUT2D eigenvalue weighted by molar-refractivity contribution is 6.03. The number of aryl methyl sites for hydroxylation is 1. The first-order valence-electron chi connectivity index (χ1n) is 8.75. The lowest BCUT2D eigenvalue weighted by Crippen LogP contribution is -2.17. The van der Waals surface area contributed by atoms with Gasteiger partial charge >= 0.3 is 11.9 Å². The van der Waals surface area contributed by atoms with Crippen molar-refractivity contribution in [3.63, 3.8) is 0 Å². The molecule has 8 nitrogen and oxygen atoms in total. The average molecular weight is 401 g/mol. The van der Waals surface area contributed by atoms with E-state index in [0.29, 0.717) is 17.9 Å². The predicted octanol–water partition coefficient (Wildman–Crippen LogP) is 2.85. The maximum atomic E-state index is 12.5. The van der Waals surface area contributed by atoms with E-state index in [2.05, 4.69) is 10.1 Å². The van der Waals surface area contributed by atoms with E-state index in [4.69, 9.17) is 14.2 Å². The van der Waals surface area contributed by atoms with Crippen LogP contribution >= 0.6 is 0 Å². The number of carbonyl (C=O) groups is 3. The van der Waals surface area contributed by atoms with E-state index in [1.54, 1.807) is 6.07 Å². The third kappa shape index (κ3) is 5.25. The molecule has 0 bridgehead atoms. The van der Waals surface area contributed by atoms with Crippen LogP contribution in [0.15, 0.2) is 36.4 Å². The first-order valence-corrected chi connectivity index (χ1v) is 8.75. The second-order valence-electron chi connectivity index (χ2n) is 5.94. The molecule has 0 aliphatic carbocycles. The molecule has 0 radical (unpaired) electrons. The molecule has 0 aliphatic heterocycles. The topological polar surface area (TPSA) is 100 Å². The number of anilines is 1. The van der Waals surface area contributed by atoms with E-state index in [-0.39, 0.29) is 29.1 Å². The zero-order valence-corrected chi connectivity index (χ0v) is 16.7. The maximum Gasteiger partial charge on any atom is 0.339 e. The van der Waals surface area contributed by atoms with E-state index >= 15 is 0 Å². The number of esters is 2. The van der Waals surface area contributed by atoms with Gasteiger partial charge in [0.25, 0.3) is 0 Å². The molecule has 1 amide bonds. The summed E-state index contributed by atoms with van der Waals surface area (Å²) in [5.41, 5.74) is 1.30. The summed E-state index contributed by atoms with van der Waals surface area (Å²) in [6.45, 7) is 0. The number of nitrogens with one attached hydrogen (secondary N) is 1. The van der Waals surface area contributed by atoms with Crippen LogP contribution in [0.4, 0.5) is 5.69 Å². The molecule has 2 aromatic carbocycles. The zero-order valence-electron chi connectivity index (χ0n) is 16.7. The Morgan fingerprint density at radius 3 is 2.24 bits per heavy atom. The number of benzene rings is 2. The van der Waals surface area contributed by atoms with Crippen LogP contribution in [0.3, 0.4) is 0 Å². The standard InChI is InChI=1S/C21H23NO7/c1-26-17-7-5-6-13(19(17)27-2)9-11-18(23)22-16-12-14(20(24)28-3)8-10-15(16)21(25)29-4/h5-8,10,12H,9,11H2,1-4H3,(H,22,23). The minimum absolute atomic E-state index is 0.118. The second kappa shape index (κ2) is 10.1. The molecule has 0 heterocycles. The summed E-state index contributed by atoms with van der Waals surface area (Å²) < 4.78 is 20.0. The van der Waals surface area contributed by atoms with Gasteiger partial charge in [0, 0.05) is 6.42 Å². The molecular formula is C21H23NO7. The maximum absolute atomic E-state index is 12.5. The molecule has 8 heteroatoms. The Balaban J connectivity index is 2.19. The summed E-state index contributed by atoms with van der Waals surface area (Å²) in [7, 11) is 5.55. The lowest BCUT2D eigenvalue weighted by Gasteiger charge is -2.13. The Morgan fingerprint density at radius 2 is 1.62 bits per heavy atom. The van der Waals surface area contributed by atoms with Gasteiger partial charge in [-0.2, -0.15) is 0 Å². The highest BCUT2D eigenvalue weighted by Crippen LogP contribution is 2.31. The lowest BCUT2D eigenvalue weighted by atomic mass is 10.1. The van der Waals surface area contributed by atoms with Crippen molar-refractivity contribution in [2.24, 2.45) is 0 Å². The van der Waals surface area contributed by atoms with E-state index in [1.807, 2.05) is 12.1 Å². The van der Waals surface area contributed by atoms with Gasteiger partial charge in [-0.25, -0.2) is 9.59 Å². The summed E-state index contributed by atoms with van der Waals surface area (Å²) in [6.07, 6.45) is 0.503. The molecule has 2 aromatic rings. The first kappa shape index (κ1) is 21.7. The van der Waals surface area contributed by atoms with Crippen molar-refractivity contribution in [1.82, 2.24) is 0 Å². The minimum Gasteiger partial charge on any atom is -0.493 e. The van der Waals surface area contributed by atoms with Crippen molar-refractivity contribution in [2.45, 2.75) is 12.8 Å². The molecule has 0 saturated heterocycles. The third-order valence-electron chi connectivity index (χ3n) is 4.23. The second-order valence-corrected chi connectivity index (χ2v) is 5.94. The van der Waals surface area contributed by atoms with E-state index < -0.39 is 11.9 Å². The Morgan fingerprint density at radius 1 is 0.897 bits per heavy atom. The van der Waals surface area contributed by atoms with Crippen LogP contribution in [-0.4, -0.2) is 46.3 Å². The average Bonchev–Trinajstić information content (AvgIpc) is 2.75. The van der Waals surface area contributed by atoms with Crippen LogP contribution in [0.5, 0.6) is 11.5 Å². The highest BCUT2D eigenvalue weighted by Gasteiger charge is 2.18. The molecule has 0 unspecified atom stereocenters. The first-order chi connectivity index (χ1) is 13.9. The molecule has 0 aromatic heterocycles. The number of amides is 1. The van der Waals surface area contributed by atoms with Crippen molar-refractivity contribution >= 4 is 23.5 Å². The molecule has 0 fully saturated rings. The van der Waals surface area contributed by atoms with Crippen LogP contribution in [0.25, 0.3) is 0 Å². The SMILES string of the molecule is COC(=O)c1ccc(C(=O)OC)c(NC(=O)CCc2cccc(OC)c2OC)c1. The summed E-state index contributed by atoms with van der Waals surface area (Å²) in [4.78, 5) is 36.2. The van der Waals surface area contributed by atoms with Crippen molar-refractivity contribution in [2.75, 3.05) is 33.8 Å². The summed E-state index contributed by atoms with van der Waals surface area (Å²) in [5.74, 6) is -0.429. The summed E-state index contributed by atoms with van der Waals surface area (Å²) >= 11 is 0. The number of carbonyl (C=O) groups excluding carboxylic acids is 3. The molecule has 0 spiro atoms. The lowest BCUT2D eigenvalue weighted by molar-refractivity contribution is -0.116. The fraction of sp³-hybridized carbons (Fsp3) is 0.286. The van der Waals surface area contributed by atoms with Crippen molar-refractivity contribution in [1.29, 1.82) is 0 Å². The van der Waals surface area contributed by atoms with Gasteiger partial charge in [-0.05, 0) is 36.2 Å². The molecular weight excluding hydrogens is 378 g/mol. The van der Waals surface area contributed by atoms with E-state index in [0.717, 1.165) is 5.56 Å². The van der Waals surface area contributed by atoms with Gasteiger partial charge in [0.2, 0.25) is 5.91 Å². The van der Waals surface area contributed by atoms with Gasteiger partial charge in [0.1, 0.15) is 0 Å². The van der Waals surface area contributed by atoms with Crippen molar-refractivity contribution in [3.8, 4) is 11.5 Å². The minimum atomic E-state index is -0.633. The van der Waals surface area contributed by atoms with Gasteiger partial charge in [0.15, 0.2) is 11.5 Å². The van der Waals surface area contributed by atoms with Crippen molar-refractivity contribution < 1.29 is 33.3 Å². The van der Waals surface area contributed by atoms with Crippen LogP contribution in [0.2, 0.25) is 0 Å². The van der Waals surface area contributed by atoms with Gasteiger partial charge < -0.3 is 24.3 Å². The number of ether oxygens (including phenoxy) is 4. The molecule has 2 rings (SSSR count). The largest absolute Gasteiger partial charge is 0.493 e. The van der Waals surface area contributed by atoms with Crippen LogP contribution < -0.4 is 14.8 Å². The molecule has 0 saturated carbocycles. The normalized spacial score (nSPS) is 10.1. The number of para-hydroxylation sites is 1. The van der Waals surface area contributed by atoms with E-state index in [9.17, 15) is 14.4 Å². The Bertz CT molecular complexity index is 908. The fourth-order valence-corrected chi connectivity index (χ4v) is 2.79. The molecule has 154 valence electrons. The molecule has 1 N–H and O–H groups in total. The number of rotatable bonds is 8. The summed E-state index contributed by atoms with van der Waals surface area (Å²) in [5, 5.41) is 2.66. The number of methoxy groups -OCH3 is 4. The predicted molar refractivity (Wildman–Crippen MR) is 106 cm³/mol. The van der Waals surface area contributed by atoms with Crippen molar-refractivity contribution in [3.05, 3.63) is 53.1 Å². The van der Waals surface area contributed by atoms with E-state index in [1.165, 1.54) is 46.6 Å². The molecule has 0 aliphatic rings. The Kier molecular flexibility index (Phi) is 7.59. The smallest absolute Gasteiger partial charge is 0.339 e. The van der Waals surface area contributed by atoms with Gasteiger partial charge in [-0.3, -0.25) is 4.79 Å². The summed E-state index contributed by atoms with van der Waals surface area (Å²) in [6, 6.07) is 9.62. The highest BCUT2D eigenvalue weighted by atomic mass is 16.5. The van der Waals surface area contributed by atoms with Gasteiger partial charge in [-0.15, -0.1) is 0 Å². The Hall–Kier alpha value is -3.55.